The molecule has 20 heavy (non-hydrogen) atoms. The summed E-state index contributed by atoms with van der Waals surface area (Å²) in [5, 5.41) is 4.75. The smallest absolute Gasteiger partial charge is 0.134 e. The summed E-state index contributed by atoms with van der Waals surface area (Å²) in [5.74, 6) is 0.513. The topological polar surface area (TPSA) is 25.2 Å². The molecule has 1 aromatic carbocycles. The van der Waals surface area contributed by atoms with Crippen molar-refractivity contribution in [3.05, 3.63) is 41.7 Å². The third kappa shape index (κ3) is 3.73. The van der Waals surface area contributed by atoms with Crippen molar-refractivity contribution >= 4 is 17.0 Å². The molecule has 0 aliphatic heterocycles. The minimum atomic E-state index is 0.131. The zero-order valence-corrected chi connectivity index (χ0v) is 13.2. The number of benzene rings is 1. The molecule has 0 aliphatic carbocycles. The van der Waals surface area contributed by atoms with Crippen molar-refractivity contribution in [2.45, 2.75) is 40.2 Å². The molecule has 2 nitrogen and oxygen atoms in total. The Labute approximate surface area is 121 Å². The highest BCUT2D eigenvalue weighted by atomic mass is 16.3. The van der Waals surface area contributed by atoms with Gasteiger partial charge in [-0.1, -0.05) is 43.7 Å². The van der Waals surface area contributed by atoms with Crippen LogP contribution >= 0.6 is 0 Å². The molecule has 0 fully saturated rings. The molecule has 2 aromatic rings. The van der Waals surface area contributed by atoms with Gasteiger partial charge in [0.15, 0.2) is 0 Å². The predicted molar refractivity (Wildman–Crippen MR) is 86.8 cm³/mol. The van der Waals surface area contributed by atoms with Crippen molar-refractivity contribution in [3.63, 3.8) is 0 Å². The molecule has 0 saturated heterocycles. The van der Waals surface area contributed by atoms with Crippen molar-refractivity contribution in [2.24, 2.45) is 5.92 Å². The van der Waals surface area contributed by atoms with E-state index in [2.05, 4.69) is 58.1 Å². The fourth-order valence-electron chi connectivity index (χ4n) is 2.10. The van der Waals surface area contributed by atoms with E-state index in [1.807, 2.05) is 18.4 Å². The zero-order chi connectivity index (χ0) is 14.8. The van der Waals surface area contributed by atoms with Crippen LogP contribution in [-0.2, 0) is 0 Å². The second-order valence-electron chi connectivity index (χ2n) is 6.66. The summed E-state index contributed by atoms with van der Waals surface area (Å²) in [5.41, 5.74) is 3.64. The second kappa shape index (κ2) is 5.84. The molecular weight excluding hydrogens is 246 g/mol. The number of nitrogens with one attached hydrogen (secondary N) is 1. The first-order valence-corrected chi connectivity index (χ1v) is 7.28. The Bertz CT molecular complexity index is 599. The van der Waals surface area contributed by atoms with E-state index < -0.39 is 0 Å². The highest BCUT2D eigenvalue weighted by Gasteiger charge is 2.12. The average molecular weight is 271 g/mol. The molecule has 108 valence electrons. The molecule has 0 bridgehead atoms. The van der Waals surface area contributed by atoms with Gasteiger partial charge in [0.2, 0.25) is 0 Å². The van der Waals surface area contributed by atoms with Crippen LogP contribution in [0.2, 0.25) is 0 Å². The van der Waals surface area contributed by atoms with E-state index in [9.17, 15) is 0 Å². The van der Waals surface area contributed by atoms with E-state index in [0.717, 1.165) is 12.1 Å². The summed E-state index contributed by atoms with van der Waals surface area (Å²) in [6.45, 7) is 12.0. The molecule has 2 rings (SSSR count). The molecule has 0 amide bonds. The predicted octanol–water partition coefficient (Wildman–Crippen LogP) is 4.86. The van der Waals surface area contributed by atoms with Crippen LogP contribution < -0.4 is 5.32 Å². The summed E-state index contributed by atoms with van der Waals surface area (Å²) in [7, 11) is 0. The summed E-state index contributed by atoms with van der Waals surface area (Å²) in [6, 6.07) is 8.18. The van der Waals surface area contributed by atoms with Gasteiger partial charge in [0.1, 0.15) is 5.58 Å². The third-order valence-electron chi connectivity index (χ3n) is 3.42. The maximum atomic E-state index is 5.61. The van der Waals surface area contributed by atoms with Crippen LogP contribution in [0.15, 0.2) is 40.5 Å². The van der Waals surface area contributed by atoms with Gasteiger partial charge in [0.25, 0.3) is 0 Å². The SMILES string of the molecule is CC(C)/C(=C/c1coc2ccccc12)CNC(C)(C)C. The van der Waals surface area contributed by atoms with E-state index in [-0.39, 0.29) is 5.54 Å². The van der Waals surface area contributed by atoms with Crippen molar-refractivity contribution in [1.29, 1.82) is 0 Å². The fraction of sp³-hybridized carbons (Fsp3) is 0.444. The Balaban J connectivity index is 2.29. The number of fused-ring (bicyclic) bond motifs is 1. The highest BCUT2D eigenvalue weighted by Crippen LogP contribution is 2.24. The van der Waals surface area contributed by atoms with E-state index in [4.69, 9.17) is 4.42 Å². The monoisotopic (exact) mass is 271 g/mol. The van der Waals surface area contributed by atoms with Gasteiger partial charge in [-0.3, -0.25) is 0 Å². The minimum Gasteiger partial charge on any atom is -0.464 e. The van der Waals surface area contributed by atoms with Gasteiger partial charge < -0.3 is 9.73 Å². The maximum Gasteiger partial charge on any atom is 0.134 e. The van der Waals surface area contributed by atoms with E-state index in [1.54, 1.807) is 0 Å². The molecule has 1 N–H and O–H groups in total. The highest BCUT2D eigenvalue weighted by molar-refractivity contribution is 5.87. The molecule has 2 heteroatoms. The van der Waals surface area contributed by atoms with Crippen molar-refractivity contribution in [3.8, 4) is 0 Å². The van der Waals surface area contributed by atoms with Crippen molar-refractivity contribution < 1.29 is 4.42 Å². The molecule has 0 atom stereocenters. The summed E-state index contributed by atoms with van der Waals surface area (Å²) in [4.78, 5) is 0. The summed E-state index contributed by atoms with van der Waals surface area (Å²) >= 11 is 0. The van der Waals surface area contributed by atoms with E-state index in [1.165, 1.54) is 16.5 Å². The zero-order valence-electron chi connectivity index (χ0n) is 13.2. The number of para-hydroxylation sites is 1. The normalized spacial score (nSPS) is 13.4. The van der Waals surface area contributed by atoms with Crippen LogP contribution in [0.25, 0.3) is 17.0 Å². The molecule has 0 aliphatic rings. The molecule has 1 aromatic heterocycles. The largest absolute Gasteiger partial charge is 0.464 e. The van der Waals surface area contributed by atoms with Gasteiger partial charge >= 0.3 is 0 Å². The molecular formula is C18H25NO. The Kier molecular flexibility index (Phi) is 4.34. The van der Waals surface area contributed by atoms with Crippen LogP contribution in [0.1, 0.15) is 40.2 Å². The van der Waals surface area contributed by atoms with Crippen LogP contribution in [0.4, 0.5) is 0 Å². The number of rotatable bonds is 4. The van der Waals surface area contributed by atoms with Crippen LogP contribution in [0, 0.1) is 5.92 Å². The standard InChI is InChI=1S/C18H25NO/c1-13(2)14(11-19-18(3,4)5)10-15-12-20-17-9-7-6-8-16(15)17/h6-10,12-13,19H,11H2,1-5H3/b14-10+. The van der Waals surface area contributed by atoms with Gasteiger partial charge in [0, 0.05) is 23.0 Å². The second-order valence-corrected chi connectivity index (χ2v) is 6.66. The summed E-state index contributed by atoms with van der Waals surface area (Å²) < 4.78 is 5.61. The Morgan fingerprint density at radius 3 is 2.60 bits per heavy atom. The van der Waals surface area contributed by atoms with E-state index in [0.29, 0.717) is 5.92 Å². The van der Waals surface area contributed by atoms with Crippen molar-refractivity contribution in [1.82, 2.24) is 5.32 Å². The number of hydrogen-bond donors (Lipinski definition) is 1. The Morgan fingerprint density at radius 1 is 1.25 bits per heavy atom. The Hall–Kier alpha value is -1.54. The molecule has 0 spiro atoms. The molecule has 1 heterocycles. The first-order chi connectivity index (χ1) is 9.37. The van der Waals surface area contributed by atoms with Gasteiger partial charge in [-0.25, -0.2) is 0 Å². The van der Waals surface area contributed by atoms with Gasteiger partial charge in [-0.2, -0.15) is 0 Å². The lowest BCUT2D eigenvalue weighted by atomic mass is 9.98. The van der Waals surface area contributed by atoms with Gasteiger partial charge in [-0.15, -0.1) is 0 Å². The van der Waals surface area contributed by atoms with Crippen molar-refractivity contribution in [2.75, 3.05) is 6.54 Å². The first kappa shape index (κ1) is 14.9. The van der Waals surface area contributed by atoms with Crippen LogP contribution in [0.3, 0.4) is 0 Å². The molecule has 0 radical (unpaired) electrons. The lowest BCUT2D eigenvalue weighted by Crippen LogP contribution is -2.37. The average Bonchev–Trinajstić information content (AvgIpc) is 2.76. The first-order valence-electron chi connectivity index (χ1n) is 7.28. The van der Waals surface area contributed by atoms with Crippen LogP contribution in [0.5, 0.6) is 0 Å². The number of furan rings is 1. The van der Waals surface area contributed by atoms with E-state index >= 15 is 0 Å². The number of hydrogen-bond acceptors (Lipinski definition) is 2. The minimum absolute atomic E-state index is 0.131. The lowest BCUT2D eigenvalue weighted by molar-refractivity contribution is 0.437. The molecule has 0 unspecified atom stereocenters. The van der Waals surface area contributed by atoms with Crippen LogP contribution in [-0.4, -0.2) is 12.1 Å². The molecule has 0 saturated carbocycles. The van der Waals surface area contributed by atoms with Gasteiger partial charge in [0.05, 0.1) is 6.26 Å². The fourth-order valence-corrected chi connectivity index (χ4v) is 2.10. The lowest BCUT2D eigenvalue weighted by Gasteiger charge is -2.23. The Morgan fingerprint density at radius 2 is 1.95 bits per heavy atom. The third-order valence-corrected chi connectivity index (χ3v) is 3.42. The quantitative estimate of drug-likeness (QED) is 0.859. The van der Waals surface area contributed by atoms with Gasteiger partial charge in [-0.05, 0) is 32.8 Å². The maximum absolute atomic E-state index is 5.61. The summed E-state index contributed by atoms with van der Waals surface area (Å²) in [6.07, 6.45) is 4.11.